The van der Waals surface area contributed by atoms with Crippen LogP contribution in [0.1, 0.15) is 10.6 Å². The van der Waals surface area contributed by atoms with Gasteiger partial charge in [-0.2, -0.15) is 0 Å². The van der Waals surface area contributed by atoms with Crippen molar-refractivity contribution in [2.75, 3.05) is 5.73 Å². The predicted octanol–water partition coefficient (Wildman–Crippen LogP) is 0.112. The molecule has 2 heterocycles. The van der Waals surface area contributed by atoms with Crippen LogP contribution in [0.2, 0.25) is 0 Å². The molecule has 0 spiro atoms. The minimum Gasteiger partial charge on any atom is -0.375 e. The number of fused-ring (bicyclic) bond motifs is 3. The Hall–Kier alpha value is -1.63. The van der Waals surface area contributed by atoms with Crippen molar-refractivity contribution in [1.82, 2.24) is 10.1 Å². The van der Waals surface area contributed by atoms with Gasteiger partial charge in [-0.15, -0.1) is 11.3 Å². The van der Waals surface area contributed by atoms with E-state index in [0.29, 0.717) is 33.5 Å². The molecule has 0 unspecified atom stereocenters. The number of rotatable bonds is 0. The summed E-state index contributed by atoms with van der Waals surface area (Å²) >= 11 is 1.44. The standard InChI is InChI=1S/C7H6N4O2S/c8-7-9-6-4(14-7)2-1-3-5(6)10-13-11(3)12/h1-2H2,(H2,8,9). The van der Waals surface area contributed by atoms with E-state index >= 15 is 0 Å². The summed E-state index contributed by atoms with van der Waals surface area (Å²) in [5.41, 5.74) is 7.37. The van der Waals surface area contributed by atoms with Crippen molar-refractivity contribution in [3.8, 4) is 11.4 Å². The molecule has 0 aromatic carbocycles. The second kappa shape index (κ2) is 2.44. The van der Waals surface area contributed by atoms with Gasteiger partial charge >= 0.3 is 0 Å². The first-order valence-corrected chi connectivity index (χ1v) is 4.91. The Morgan fingerprint density at radius 2 is 2.29 bits per heavy atom. The maximum absolute atomic E-state index is 11.1. The SMILES string of the molecule is Nc1nc2c(s1)CCc1c-2no[n+]1[O-]. The lowest BCUT2D eigenvalue weighted by Crippen LogP contribution is -2.29. The summed E-state index contributed by atoms with van der Waals surface area (Å²) in [4.78, 5) is 5.64. The number of nitrogens with two attached hydrogens (primary N) is 1. The summed E-state index contributed by atoms with van der Waals surface area (Å²) in [5.74, 6) is 0. The van der Waals surface area contributed by atoms with Crippen molar-refractivity contribution in [3.63, 3.8) is 0 Å². The first kappa shape index (κ1) is 7.74. The highest BCUT2D eigenvalue weighted by atomic mass is 32.1. The highest BCUT2D eigenvalue weighted by Crippen LogP contribution is 2.34. The van der Waals surface area contributed by atoms with Gasteiger partial charge in [0, 0.05) is 16.5 Å². The third-order valence-corrected chi connectivity index (χ3v) is 3.17. The van der Waals surface area contributed by atoms with Gasteiger partial charge in [-0.3, -0.25) is 4.63 Å². The Balaban J connectivity index is 2.28. The summed E-state index contributed by atoms with van der Waals surface area (Å²) in [6.07, 6.45) is 1.41. The number of thiazole rings is 1. The van der Waals surface area contributed by atoms with Gasteiger partial charge in [0.25, 0.3) is 5.69 Å². The summed E-state index contributed by atoms with van der Waals surface area (Å²) in [5, 5.41) is 15.3. The Bertz CT molecular complexity index is 504. The average Bonchev–Trinajstić information content (AvgIpc) is 2.68. The van der Waals surface area contributed by atoms with E-state index in [4.69, 9.17) is 5.73 Å². The lowest BCUT2D eigenvalue weighted by Gasteiger charge is -2.03. The van der Waals surface area contributed by atoms with Crippen molar-refractivity contribution in [3.05, 3.63) is 15.8 Å². The van der Waals surface area contributed by atoms with Crippen LogP contribution < -0.4 is 10.6 Å². The third kappa shape index (κ3) is 0.869. The number of nitrogen functional groups attached to an aromatic ring is 1. The molecule has 0 saturated carbocycles. The van der Waals surface area contributed by atoms with E-state index in [1.807, 2.05) is 0 Å². The van der Waals surface area contributed by atoms with Crippen LogP contribution in [0.15, 0.2) is 4.63 Å². The number of aryl methyl sites for hydroxylation is 1. The number of hydrogen-bond donors (Lipinski definition) is 1. The average molecular weight is 210 g/mol. The number of hydrogen-bond acceptors (Lipinski definition) is 6. The smallest absolute Gasteiger partial charge is 0.270 e. The highest BCUT2D eigenvalue weighted by Gasteiger charge is 2.30. The van der Waals surface area contributed by atoms with Gasteiger partial charge in [-0.1, -0.05) is 0 Å². The minimum atomic E-state index is 0.438. The molecule has 0 fully saturated rings. The molecule has 6 nitrogen and oxygen atoms in total. The normalized spacial score (nSPS) is 13.7. The highest BCUT2D eigenvalue weighted by molar-refractivity contribution is 7.15. The first-order valence-electron chi connectivity index (χ1n) is 4.10. The van der Waals surface area contributed by atoms with Crippen LogP contribution in [0.25, 0.3) is 11.4 Å². The molecule has 0 atom stereocenters. The largest absolute Gasteiger partial charge is 0.375 e. The van der Waals surface area contributed by atoms with Crippen LogP contribution in [-0.2, 0) is 12.8 Å². The fourth-order valence-electron chi connectivity index (χ4n) is 1.61. The molecule has 0 aliphatic heterocycles. The van der Waals surface area contributed by atoms with E-state index in [1.54, 1.807) is 0 Å². The molecular formula is C7H6N4O2S. The van der Waals surface area contributed by atoms with Crippen LogP contribution in [0.5, 0.6) is 0 Å². The molecule has 14 heavy (non-hydrogen) atoms. The quantitative estimate of drug-likeness (QED) is 0.623. The van der Waals surface area contributed by atoms with Crippen LogP contribution in [0.3, 0.4) is 0 Å². The van der Waals surface area contributed by atoms with Crippen molar-refractivity contribution in [2.24, 2.45) is 0 Å². The zero-order valence-electron chi connectivity index (χ0n) is 7.06. The second-order valence-electron chi connectivity index (χ2n) is 3.05. The predicted molar refractivity (Wildman–Crippen MR) is 48.4 cm³/mol. The van der Waals surface area contributed by atoms with E-state index in [0.717, 1.165) is 11.3 Å². The molecule has 2 N–H and O–H groups in total. The molecule has 0 radical (unpaired) electrons. The Kier molecular flexibility index (Phi) is 1.35. The summed E-state index contributed by atoms with van der Waals surface area (Å²) in [6, 6.07) is 0. The number of nitrogens with zero attached hydrogens (tertiary/aromatic N) is 3. The van der Waals surface area contributed by atoms with Gasteiger partial charge in [0.15, 0.2) is 5.13 Å². The Morgan fingerprint density at radius 1 is 1.43 bits per heavy atom. The zero-order chi connectivity index (χ0) is 9.71. The first-order chi connectivity index (χ1) is 6.75. The van der Waals surface area contributed by atoms with Crippen molar-refractivity contribution >= 4 is 16.5 Å². The Morgan fingerprint density at radius 3 is 3.14 bits per heavy atom. The van der Waals surface area contributed by atoms with Gasteiger partial charge in [0.2, 0.25) is 5.69 Å². The third-order valence-electron chi connectivity index (χ3n) is 2.23. The van der Waals surface area contributed by atoms with Gasteiger partial charge in [0.05, 0.1) is 0 Å². The zero-order valence-corrected chi connectivity index (χ0v) is 7.87. The molecule has 0 bridgehead atoms. The fourth-order valence-corrected chi connectivity index (χ4v) is 2.44. The molecule has 1 aliphatic rings. The molecule has 1 aliphatic carbocycles. The molecule has 72 valence electrons. The fraction of sp³-hybridized carbons (Fsp3) is 0.286. The van der Waals surface area contributed by atoms with Crippen LogP contribution in [-0.4, -0.2) is 10.1 Å². The summed E-state index contributed by atoms with van der Waals surface area (Å²) < 4.78 is 4.52. The van der Waals surface area contributed by atoms with E-state index < -0.39 is 0 Å². The van der Waals surface area contributed by atoms with Crippen molar-refractivity contribution < 1.29 is 9.53 Å². The summed E-state index contributed by atoms with van der Waals surface area (Å²) in [6.45, 7) is 0. The topological polar surface area (TPSA) is 91.9 Å². The number of anilines is 1. The molecule has 0 saturated heterocycles. The molecule has 0 amide bonds. The lowest BCUT2D eigenvalue weighted by molar-refractivity contribution is -0.807. The van der Waals surface area contributed by atoms with E-state index in [1.165, 1.54) is 11.3 Å². The van der Waals surface area contributed by atoms with E-state index in [9.17, 15) is 5.21 Å². The maximum atomic E-state index is 11.1. The van der Waals surface area contributed by atoms with Crippen LogP contribution in [0, 0.1) is 5.21 Å². The monoisotopic (exact) mass is 210 g/mol. The molecule has 2 aromatic heterocycles. The van der Waals surface area contributed by atoms with E-state index in [2.05, 4.69) is 14.8 Å². The second-order valence-corrected chi connectivity index (χ2v) is 4.16. The molecule has 2 aromatic rings. The van der Waals surface area contributed by atoms with E-state index in [-0.39, 0.29) is 0 Å². The van der Waals surface area contributed by atoms with Crippen LogP contribution >= 0.6 is 11.3 Å². The van der Waals surface area contributed by atoms with Crippen molar-refractivity contribution in [1.29, 1.82) is 0 Å². The molecular weight excluding hydrogens is 204 g/mol. The van der Waals surface area contributed by atoms with Crippen molar-refractivity contribution in [2.45, 2.75) is 12.8 Å². The van der Waals surface area contributed by atoms with Gasteiger partial charge in [-0.25, -0.2) is 4.98 Å². The minimum absolute atomic E-state index is 0.438. The van der Waals surface area contributed by atoms with Gasteiger partial charge in [0.1, 0.15) is 5.69 Å². The molecule has 3 rings (SSSR count). The summed E-state index contributed by atoms with van der Waals surface area (Å²) in [7, 11) is 0. The lowest BCUT2D eigenvalue weighted by atomic mass is 10.0. The van der Waals surface area contributed by atoms with Gasteiger partial charge < -0.3 is 10.9 Å². The number of aromatic nitrogens is 3. The van der Waals surface area contributed by atoms with Crippen LogP contribution in [0.4, 0.5) is 5.13 Å². The maximum Gasteiger partial charge on any atom is 0.270 e. The van der Waals surface area contributed by atoms with Gasteiger partial charge in [-0.05, 0) is 11.3 Å². The Labute approximate surface area is 82.5 Å². The molecule has 7 heteroatoms.